The molecule has 1 N–H and O–H groups in total. The fraction of sp³-hybridized carbons (Fsp3) is 0.312. The van der Waals surface area contributed by atoms with E-state index in [9.17, 15) is 18.3 Å². The lowest BCUT2D eigenvalue weighted by molar-refractivity contribution is 0.161. The van der Waals surface area contributed by atoms with Crippen molar-refractivity contribution in [1.82, 2.24) is 15.0 Å². The minimum Gasteiger partial charge on any atom is -0.393 e. The molecule has 1 aliphatic heterocycles. The molecule has 0 saturated carbocycles. The van der Waals surface area contributed by atoms with Crippen molar-refractivity contribution in [3.05, 3.63) is 53.9 Å². The number of anilines is 1. The van der Waals surface area contributed by atoms with E-state index in [2.05, 4.69) is 15.0 Å². The van der Waals surface area contributed by atoms with Gasteiger partial charge in [-0.25, -0.2) is 28.1 Å². The van der Waals surface area contributed by atoms with E-state index in [4.69, 9.17) is 0 Å². The zero-order valence-corrected chi connectivity index (χ0v) is 13.4. The predicted molar refractivity (Wildman–Crippen MR) is 85.2 cm³/mol. The summed E-state index contributed by atoms with van der Waals surface area (Å²) in [4.78, 5) is 11.7. The summed E-state index contributed by atoms with van der Waals surface area (Å²) in [6, 6.07) is 3.10. The van der Waals surface area contributed by atoms with Crippen LogP contribution in [0.1, 0.15) is 19.0 Å². The molecular weight excluding hydrogens is 335 g/mol. The molecule has 0 fully saturated rings. The number of benzene rings is 1. The number of aliphatic hydroxyl groups is 1. The van der Waals surface area contributed by atoms with Crippen molar-refractivity contribution in [2.75, 3.05) is 18.2 Å². The topological polar surface area (TPSA) is 64.8 Å². The second kappa shape index (κ2) is 7.16. The number of aliphatic imine (C=N–C) groups is 1. The Kier molecular flexibility index (Phi) is 4.95. The summed E-state index contributed by atoms with van der Waals surface area (Å²) in [6.07, 6.45) is 1.98. The third kappa shape index (κ3) is 3.62. The molecule has 0 saturated heterocycles. The van der Waals surface area contributed by atoms with E-state index in [1.807, 2.05) is 0 Å². The maximum atomic E-state index is 14.3. The number of amidine groups is 1. The molecule has 1 atom stereocenters. The highest BCUT2D eigenvalue weighted by Crippen LogP contribution is 2.27. The summed E-state index contributed by atoms with van der Waals surface area (Å²) in [5.74, 6) is -2.14. The van der Waals surface area contributed by atoms with Gasteiger partial charge in [0, 0.05) is 12.6 Å². The highest BCUT2D eigenvalue weighted by Gasteiger charge is 2.32. The highest BCUT2D eigenvalue weighted by molar-refractivity contribution is 6.09. The van der Waals surface area contributed by atoms with Crippen molar-refractivity contribution < 1.29 is 18.3 Å². The number of aromatic nitrogens is 2. The molecule has 25 heavy (non-hydrogen) atoms. The van der Waals surface area contributed by atoms with Gasteiger partial charge >= 0.3 is 0 Å². The van der Waals surface area contributed by atoms with Gasteiger partial charge in [0.15, 0.2) is 17.5 Å². The minimum absolute atomic E-state index is 0.0151. The molecular formula is C16H16F3N5O. The minimum atomic E-state index is -0.814. The third-order valence-corrected chi connectivity index (χ3v) is 3.69. The van der Waals surface area contributed by atoms with Gasteiger partial charge in [0.25, 0.3) is 0 Å². The van der Waals surface area contributed by atoms with Crippen LogP contribution >= 0.6 is 0 Å². The van der Waals surface area contributed by atoms with E-state index in [0.29, 0.717) is 13.0 Å². The van der Waals surface area contributed by atoms with E-state index >= 15 is 0 Å². The van der Waals surface area contributed by atoms with Crippen LogP contribution in [0, 0.1) is 17.5 Å². The summed E-state index contributed by atoms with van der Waals surface area (Å²) in [5, 5.41) is 12.5. The smallest absolute Gasteiger partial charge is 0.174 e. The second-order valence-electron chi connectivity index (χ2n) is 5.62. The van der Waals surface area contributed by atoms with Crippen LogP contribution in [0.5, 0.6) is 0 Å². The van der Waals surface area contributed by atoms with E-state index < -0.39 is 23.6 Å². The van der Waals surface area contributed by atoms with E-state index in [-0.39, 0.29) is 23.9 Å². The van der Waals surface area contributed by atoms with Gasteiger partial charge in [0.05, 0.1) is 18.0 Å². The molecule has 0 unspecified atom stereocenters. The van der Waals surface area contributed by atoms with Crippen LogP contribution in [0.15, 0.2) is 35.7 Å². The first-order chi connectivity index (χ1) is 12.0. The summed E-state index contributed by atoms with van der Waals surface area (Å²) in [5.41, 5.74) is -0.0699. The van der Waals surface area contributed by atoms with Gasteiger partial charge < -0.3 is 5.11 Å². The monoisotopic (exact) mass is 351 g/mol. The number of hydrogen-bond donors (Lipinski definition) is 1. The van der Waals surface area contributed by atoms with Crippen LogP contribution in [-0.4, -0.2) is 45.2 Å². The molecule has 0 amide bonds. The number of hydrazine groups is 1. The van der Waals surface area contributed by atoms with Gasteiger partial charge in [-0.3, -0.25) is 5.01 Å². The van der Waals surface area contributed by atoms with Gasteiger partial charge in [-0.2, -0.15) is 5.01 Å². The van der Waals surface area contributed by atoms with E-state index in [1.54, 1.807) is 11.9 Å². The first-order valence-corrected chi connectivity index (χ1v) is 7.66. The first kappa shape index (κ1) is 17.3. The van der Waals surface area contributed by atoms with Crippen LogP contribution in [-0.2, 0) is 0 Å². The Hall–Kier alpha value is -2.52. The van der Waals surface area contributed by atoms with Crippen molar-refractivity contribution in [2.45, 2.75) is 19.4 Å². The lowest BCUT2D eigenvalue weighted by atomic mass is 10.2. The van der Waals surface area contributed by atoms with E-state index in [0.717, 1.165) is 18.3 Å². The van der Waals surface area contributed by atoms with Crippen LogP contribution in [0.4, 0.5) is 18.9 Å². The SMILES string of the molecule is C[C@@H](O)CCN1CN=C(c2ncncc2F)N1c1ccc(F)cc1F. The molecule has 0 spiro atoms. The zero-order chi connectivity index (χ0) is 18.0. The van der Waals surface area contributed by atoms with Crippen LogP contribution < -0.4 is 5.01 Å². The lowest BCUT2D eigenvalue weighted by Crippen LogP contribution is -2.44. The second-order valence-corrected chi connectivity index (χ2v) is 5.62. The molecule has 132 valence electrons. The molecule has 0 aliphatic carbocycles. The van der Waals surface area contributed by atoms with Crippen molar-refractivity contribution in [1.29, 1.82) is 0 Å². The zero-order valence-electron chi connectivity index (χ0n) is 13.4. The number of nitrogens with zero attached hydrogens (tertiary/aromatic N) is 5. The normalized spacial score (nSPS) is 16.2. The van der Waals surface area contributed by atoms with Gasteiger partial charge in [-0.15, -0.1) is 0 Å². The molecule has 0 bridgehead atoms. The quantitative estimate of drug-likeness (QED) is 0.894. The largest absolute Gasteiger partial charge is 0.393 e. The highest BCUT2D eigenvalue weighted by atomic mass is 19.1. The van der Waals surface area contributed by atoms with E-state index in [1.165, 1.54) is 17.4 Å². The Morgan fingerprint density at radius 2 is 2.04 bits per heavy atom. The number of rotatable bonds is 5. The van der Waals surface area contributed by atoms with Gasteiger partial charge in [0.2, 0.25) is 0 Å². The van der Waals surface area contributed by atoms with Crippen molar-refractivity contribution in [3.63, 3.8) is 0 Å². The Balaban J connectivity index is 2.01. The maximum Gasteiger partial charge on any atom is 0.174 e. The predicted octanol–water partition coefficient (Wildman–Crippen LogP) is 2.11. The maximum absolute atomic E-state index is 14.3. The Bertz CT molecular complexity index is 799. The third-order valence-electron chi connectivity index (χ3n) is 3.69. The summed E-state index contributed by atoms with van der Waals surface area (Å²) in [6.45, 7) is 2.10. The average Bonchev–Trinajstić information content (AvgIpc) is 2.97. The Morgan fingerprint density at radius 1 is 1.24 bits per heavy atom. The molecule has 9 heteroatoms. The average molecular weight is 351 g/mol. The molecule has 3 rings (SSSR count). The first-order valence-electron chi connectivity index (χ1n) is 7.66. The van der Waals surface area contributed by atoms with Gasteiger partial charge in [-0.1, -0.05) is 0 Å². The summed E-state index contributed by atoms with van der Waals surface area (Å²) >= 11 is 0. The van der Waals surface area contributed by atoms with Crippen molar-refractivity contribution in [2.24, 2.45) is 4.99 Å². The number of aliphatic hydroxyl groups excluding tert-OH is 1. The molecule has 1 aliphatic rings. The van der Waals surface area contributed by atoms with Gasteiger partial charge in [-0.05, 0) is 25.5 Å². The van der Waals surface area contributed by atoms with Crippen LogP contribution in [0.2, 0.25) is 0 Å². The van der Waals surface area contributed by atoms with Crippen molar-refractivity contribution >= 4 is 11.5 Å². The Morgan fingerprint density at radius 3 is 2.72 bits per heavy atom. The molecule has 1 aromatic carbocycles. The van der Waals surface area contributed by atoms with Gasteiger partial charge in [0.1, 0.15) is 24.5 Å². The summed E-state index contributed by atoms with van der Waals surface area (Å²) in [7, 11) is 0. The standard InChI is InChI=1S/C16H16F3N5O/c1-10(25)4-5-23-9-22-16(15-13(19)7-20-8-21-15)24(23)14-3-2-11(17)6-12(14)18/h2-3,6-8,10,25H,4-5,9H2,1H3/t10-/m1/s1. The lowest BCUT2D eigenvalue weighted by Gasteiger charge is -2.30. The Labute approximate surface area is 142 Å². The molecule has 1 aromatic heterocycles. The molecule has 2 aromatic rings. The van der Waals surface area contributed by atoms with Crippen molar-refractivity contribution in [3.8, 4) is 0 Å². The molecule has 6 nitrogen and oxygen atoms in total. The van der Waals surface area contributed by atoms with Crippen LogP contribution in [0.3, 0.4) is 0 Å². The molecule has 2 heterocycles. The fourth-order valence-electron chi connectivity index (χ4n) is 2.49. The molecule has 0 radical (unpaired) electrons. The number of hydrogen-bond acceptors (Lipinski definition) is 6. The summed E-state index contributed by atoms with van der Waals surface area (Å²) < 4.78 is 41.7. The number of halogens is 3. The van der Waals surface area contributed by atoms with Crippen LogP contribution in [0.25, 0.3) is 0 Å². The fourth-order valence-corrected chi connectivity index (χ4v) is 2.49.